The number of imidazole rings is 3. The molecule has 17 rings (SSSR count). The molecule has 402 valence electrons. The molecule has 0 aliphatic carbocycles. The number of nitrogens with zero attached hydrogens (tertiary/aromatic N) is 7. The van der Waals surface area contributed by atoms with Gasteiger partial charge in [-0.1, -0.05) is 227 Å². The Kier molecular flexibility index (Phi) is 8.67. The monoisotopic (exact) mass is 1100 g/mol. The van der Waals surface area contributed by atoms with Crippen molar-refractivity contribution in [3.8, 4) is 50.9 Å². The van der Waals surface area contributed by atoms with Gasteiger partial charge in [0.1, 0.15) is 17.3 Å². The van der Waals surface area contributed by atoms with Crippen LogP contribution in [0.1, 0.15) is 40.0 Å². The van der Waals surface area contributed by atoms with Crippen molar-refractivity contribution in [1.82, 2.24) is 27.9 Å². The molecule has 0 N–H and O–H groups in total. The van der Waals surface area contributed by atoms with Gasteiger partial charge in [-0.15, -0.1) is 0 Å². The van der Waals surface area contributed by atoms with Gasteiger partial charge in [0.25, 0.3) is 6.33 Å². The maximum absolute atomic E-state index is 9.25. The Labute approximate surface area is 503 Å². The van der Waals surface area contributed by atoms with Crippen molar-refractivity contribution in [3.63, 3.8) is 0 Å². The van der Waals surface area contributed by atoms with E-state index in [1.54, 1.807) is 22.8 Å². The van der Waals surface area contributed by atoms with E-state index in [9.17, 15) is 5.48 Å². The molecule has 0 amide bonds. The van der Waals surface area contributed by atoms with E-state index in [-0.39, 0.29) is 33.4 Å². The van der Waals surface area contributed by atoms with Crippen molar-refractivity contribution in [2.45, 2.75) is 26.2 Å². The lowest BCUT2D eigenvalue weighted by Gasteiger charge is -2.19. The predicted octanol–water partition coefficient (Wildman–Crippen LogP) is 18.9. The first-order valence-electron chi connectivity index (χ1n) is 33.2. The Hall–Kier alpha value is -11.1. The number of ether oxygens (including phenoxy) is 1. The Morgan fingerprint density at radius 1 is 0.494 bits per heavy atom. The van der Waals surface area contributed by atoms with E-state index in [1.165, 1.54) is 0 Å². The normalized spacial score (nSPS) is 13.8. The summed E-state index contributed by atoms with van der Waals surface area (Å²) in [6.07, 6.45) is 5.42. The molecule has 8 nitrogen and oxygen atoms in total. The third-order valence-corrected chi connectivity index (χ3v) is 16.6. The molecular formula is C77H53N7O. The van der Waals surface area contributed by atoms with Crippen LogP contribution in [-0.2, 0) is 5.41 Å². The van der Waals surface area contributed by atoms with Gasteiger partial charge in [0.2, 0.25) is 5.78 Å². The third kappa shape index (κ3) is 7.44. The number of benzene rings is 11. The van der Waals surface area contributed by atoms with Gasteiger partial charge in [-0.25, -0.2) is 9.97 Å². The molecule has 0 atom stereocenters. The second kappa shape index (κ2) is 18.7. The molecule has 6 aromatic heterocycles. The Morgan fingerprint density at radius 2 is 1.08 bits per heavy atom. The second-order valence-electron chi connectivity index (χ2n) is 22.4. The molecule has 0 aliphatic rings. The van der Waals surface area contributed by atoms with E-state index >= 15 is 0 Å². The first-order valence-corrected chi connectivity index (χ1v) is 28.2. The highest BCUT2D eigenvalue weighted by Gasteiger charge is 2.29. The van der Waals surface area contributed by atoms with Crippen LogP contribution >= 0.6 is 0 Å². The molecule has 17 aromatic rings. The van der Waals surface area contributed by atoms with Crippen molar-refractivity contribution in [2.75, 3.05) is 0 Å². The summed E-state index contributed by atoms with van der Waals surface area (Å²) in [5.74, 6) is 2.34. The smallest absolute Gasteiger partial charge is 0.269 e. The number of pyridine rings is 1. The second-order valence-corrected chi connectivity index (χ2v) is 22.4. The molecule has 0 radical (unpaired) electrons. The molecule has 8 heteroatoms. The van der Waals surface area contributed by atoms with Gasteiger partial charge in [0.15, 0.2) is 0 Å². The lowest BCUT2D eigenvalue weighted by atomic mass is 9.88. The maximum Gasteiger partial charge on any atom is 0.269 e. The molecule has 0 bridgehead atoms. The predicted molar refractivity (Wildman–Crippen MR) is 348 cm³/mol. The number of hydrogen-bond acceptors (Lipinski definition) is 3. The van der Waals surface area contributed by atoms with Gasteiger partial charge in [-0.05, 0) is 103 Å². The van der Waals surface area contributed by atoms with Gasteiger partial charge in [0.05, 0.1) is 80.1 Å². The highest BCUT2D eigenvalue weighted by atomic mass is 16.5. The number of aromatic nitrogens is 7. The summed E-state index contributed by atoms with van der Waals surface area (Å²) in [6.45, 7) is 6.58. The van der Waals surface area contributed by atoms with Crippen LogP contribution in [0.25, 0.3) is 138 Å². The van der Waals surface area contributed by atoms with Crippen LogP contribution in [0.4, 0.5) is 0 Å². The zero-order chi connectivity index (χ0) is 65.2. The number of fused-ring (bicyclic) bond motifs is 17. The molecule has 85 heavy (non-hydrogen) atoms. The molecule has 6 heterocycles. The average molecular weight is 1100 g/mol. The summed E-state index contributed by atoms with van der Waals surface area (Å²) in [7, 11) is 0. The highest BCUT2D eigenvalue weighted by molar-refractivity contribution is 6.29. The van der Waals surface area contributed by atoms with Crippen molar-refractivity contribution < 1.29 is 23.0 Å². The fourth-order valence-electron chi connectivity index (χ4n) is 12.8. The standard InChI is InChI=1S/C77H53N7O/c1-77(2,3)51-43-44-78-70(45-51)82-68-47-69(85-53-28-20-27-52(46-53)80-48-81(67-42-19-18-41-66(67)80)72-54(49-23-6-4-7-24-49)34-21-35-55(72)50-25-8-5-9-26-50)71-62-37-22-36-61-59-32-13-11-30-57(59)56-29-10-12-31-58(56)60-33-14-16-39-64(60)83(73(61)62)75(71)74(68)84-65-40-17-15-38-63(65)79-76(82)84/h4-47H,1-3H3/i4D,5D,6D,7D,8D,9D,23D,24D,25D,26D. The van der Waals surface area contributed by atoms with Crippen LogP contribution in [-0.4, -0.2) is 27.9 Å². The SMILES string of the molecule is [2H]c1c([2H])c([2H])c(-c2cccc(-c3c([2H])c([2H])c([2H])c([2H])c3[2H])c2-[n+]2[c-]n(-c3cccc(Oc4cc5c(c6c4c4cccc7c8ccccc8c8ccccc8c8ccccc8n6c74)n4c6ccccc6nc4n5-c4cc(C(C)(C)C)ccn4)c3)c3ccccc32)c([2H])c1[2H]. The van der Waals surface area contributed by atoms with Gasteiger partial charge < -0.3 is 9.14 Å². The summed E-state index contributed by atoms with van der Waals surface area (Å²) >= 11 is 0. The van der Waals surface area contributed by atoms with Crippen molar-refractivity contribution in [2.24, 2.45) is 0 Å². The van der Waals surface area contributed by atoms with E-state index in [1.807, 2.05) is 77.5 Å². The van der Waals surface area contributed by atoms with Crippen molar-refractivity contribution in [1.29, 1.82) is 0 Å². The molecule has 0 saturated heterocycles. The van der Waals surface area contributed by atoms with E-state index in [2.05, 4.69) is 156 Å². The van der Waals surface area contributed by atoms with Crippen LogP contribution < -0.4 is 9.30 Å². The molecule has 0 spiro atoms. The van der Waals surface area contributed by atoms with Gasteiger partial charge in [-0.3, -0.25) is 18.1 Å². The lowest BCUT2D eigenvalue weighted by Crippen LogP contribution is -2.31. The first kappa shape index (κ1) is 39.4. The summed E-state index contributed by atoms with van der Waals surface area (Å²) in [6, 6.07) is 61.5. The summed E-state index contributed by atoms with van der Waals surface area (Å²) in [4.78, 5) is 10.6. The molecule has 11 aromatic carbocycles. The summed E-state index contributed by atoms with van der Waals surface area (Å²) < 4.78 is 107. The topological polar surface area (TPSA) is 57.6 Å². The van der Waals surface area contributed by atoms with Crippen LogP contribution in [0.3, 0.4) is 0 Å². The number of hydrogen-bond donors (Lipinski definition) is 0. The zero-order valence-corrected chi connectivity index (χ0v) is 46.2. The first-order chi connectivity index (χ1) is 46.0. The molecule has 0 unspecified atom stereocenters. The minimum absolute atomic E-state index is 0.140. The minimum Gasteiger partial charge on any atom is -0.457 e. The average Bonchev–Trinajstić information content (AvgIpc) is 1.52. The van der Waals surface area contributed by atoms with Crippen LogP contribution in [0, 0.1) is 6.33 Å². The zero-order valence-electron chi connectivity index (χ0n) is 56.2. The van der Waals surface area contributed by atoms with Crippen LogP contribution in [0.15, 0.2) is 267 Å². The van der Waals surface area contributed by atoms with E-state index < -0.39 is 60.4 Å². The Balaban J connectivity index is 0.975. The fourth-order valence-corrected chi connectivity index (χ4v) is 12.8. The highest BCUT2D eigenvalue weighted by Crippen LogP contribution is 2.48. The Bertz CT molecular complexity index is 6130. The van der Waals surface area contributed by atoms with Gasteiger partial charge in [-0.2, -0.15) is 0 Å². The van der Waals surface area contributed by atoms with Gasteiger partial charge in [0, 0.05) is 28.4 Å². The minimum atomic E-state index is -0.579. The number of rotatable bonds is 7. The molecule has 0 saturated carbocycles. The van der Waals surface area contributed by atoms with E-state index in [4.69, 9.17) is 22.9 Å². The molecule has 0 aliphatic heterocycles. The quantitative estimate of drug-likeness (QED) is 0.118. The molecule has 0 fully saturated rings. The lowest BCUT2D eigenvalue weighted by molar-refractivity contribution is -0.571. The van der Waals surface area contributed by atoms with Gasteiger partial charge >= 0.3 is 0 Å². The van der Waals surface area contributed by atoms with Crippen molar-refractivity contribution >= 4 is 98.5 Å². The largest absolute Gasteiger partial charge is 0.457 e. The third-order valence-electron chi connectivity index (χ3n) is 16.6. The summed E-state index contributed by atoms with van der Waals surface area (Å²) in [5, 5.41) is 8.20. The molecular weight excluding hydrogens is 1040 g/mol. The number of para-hydroxylation sites is 7. The van der Waals surface area contributed by atoms with E-state index in [0.717, 1.165) is 87.3 Å². The van der Waals surface area contributed by atoms with Crippen LogP contribution in [0.2, 0.25) is 0 Å². The van der Waals surface area contributed by atoms with Crippen LogP contribution in [0.5, 0.6) is 11.5 Å². The summed E-state index contributed by atoms with van der Waals surface area (Å²) in [5.41, 5.74) is 8.96. The van der Waals surface area contributed by atoms with E-state index in [0.29, 0.717) is 39.8 Å². The van der Waals surface area contributed by atoms with Crippen molar-refractivity contribution in [3.05, 3.63) is 279 Å². The maximum atomic E-state index is 9.25. The fraction of sp³-hybridized carbons (Fsp3) is 0.0519. The Morgan fingerprint density at radius 3 is 1.80 bits per heavy atom.